The first-order valence-corrected chi connectivity index (χ1v) is 11.2. The minimum atomic E-state index is -3.01. The molecule has 0 aromatic carbocycles. The number of alkyl halides is 1. The van der Waals surface area contributed by atoms with Crippen LogP contribution in [-0.4, -0.2) is 50.9 Å². The van der Waals surface area contributed by atoms with Crippen molar-refractivity contribution in [2.75, 3.05) is 6.61 Å². The van der Waals surface area contributed by atoms with E-state index in [1.54, 1.807) is 26.0 Å². The molecule has 3 fully saturated rings. The lowest BCUT2D eigenvalue weighted by Crippen LogP contribution is -2.69. The van der Waals surface area contributed by atoms with Gasteiger partial charge in [-0.3, -0.25) is 14.4 Å². The topological polar surface area (TPSA) is 101 Å². The zero-order valence-corrected chi connectivity index (χ0v) is 18.7. The van der Waals surface area contributed by atoms with Crippen LogP contribution in [0.5, 0.6) is 0 Å². The van der Waals surface area contributed by atoms with Crippen LogP contribution in [0.1, 0.15) is 57.4 Å². The maximum absolute atomic E-state index is 13.3. The Labute approximate surface area is 191 Å². The molecule has 4 aliphatic carbocycles. The molecule has 0 spiro atoms. The normalized spacial score (nSPS) is 50.2. The number of Topliss-reactive ketones (excluding diaryl/α,β-unsaturated/α-hetero) is 1. The molecule has 0 heterocycles. The minimum absolute atomic E-state index is 0.0299. The second-order valence-electron chi connectivity index (χ2n) is 10.2. The predicted molar refractivity (Wildman–Crippen MR) is 114 cm³/mol. The zero-order valence-electron chi connectivity index (χ0n) is 21.0. The summed E-state index contributed by atoms with van der Waals surface area (Å²) in [4.78, 5) is 35.8. The lowest BCUT2D eigenvalue weighted by Gasteiger charge is -2.63. The van der Waals surface area contributed by atoms with Crippen LogP contribution in [0.4, 0.5) is 0 Å². The number of halogens is 1. The van der Waals surface area contributed by atoms with Crippen LogP contribution in [-0.2, 0) is 19.1 Å². The summed E-state index contributed by atoms with van der Waals surface area (Å²) in [5, 5.41) is 23.3. The Bertz CT molecular complexity index is 1010. The average molecular weight is 454 g/mol. The number of rotatable bonds is 3. The lowest BCUT2D eigenvalue weighted by atomic mass is 9.45. The van der Waals surface area contributed by atoms with Crippen LogP contribution in [0.25, 0.3) is 0 Å². The van der Waals surface area contributed by atoms with E-state index < -0.39 is 58.5 Å². The van der Waals surface area contributed by atoms with Crippen LogP contribution < -0.4 is 0 Å². The molecular formula is C24H31ClO6. The van der Waals surface area contributed by atoms with Gasteiger partial charge in [-0.25, -0.2) is 0 Å². The van der Waals surface area contributed by atoms with E-state index in [4.69, 9.17) is 20.5 Å². The Morgan fingerprint density at radius 1 is 1.35 bits per heavy atom. The average Bonchev–Trinajstić information content (AvgIpc) is 2.94. The smallest absolute Gasteiger partial charge is 0.303 e. The van der Waals surface area contributed by atoms with Crippen molar-refractivity contribution in [1.29, 1.82) is 0 Å². The second kappa shape index (κ2) is 7.00. The number of ether oxygens (including phenoxy) is 1. The van der Waals surface area contributed by atoms with Crippen molar-refractivity contribution in [2.24, 2.45) is 28.6 Å². The van der Waals surface area contributed by atoms with Gasteiger partial charge in [-0.05, 0) is 55.6 Å². The number of carbonyl (C=O) groups is 3. The molecule has 31 heavy (non-hydrogen) atoms. The molecule has 6 nitrogen and oxygen atoms in total. The predicted octanol–water partition coefficient (Wildman–Crippen LogP) is 2.74. The molecule has 0 saturated heterocycles. The molecule has 0 unspecified atom stereocenters. The molecule has 0 aliphatic heterocycles. The molecule has 3 saturated carbocycles. The van der Waals surface area contributed by atoms with E-state index in [-0.39, 0.29) is 24.0 Å². The third-order valence-electron chi connectivity index (χ3n) is 8.98. The van der Waals surface area contributed by atoms with Crippen molar-refractivity contribution in [1.82, 2.24) is 0 Å². The quantitative estimate of drug-likeness (QED) is 0.503. The maximum Gasteiger partial charge on any atom is 0.303 e. The van der Waals surface area contributed by atoms with Gasteiger partial charge in [-0.1, -0.05) is 32.4 Å². The van der Waals surface area contributed by atoms with E-state index in [9.17, 15) is 24.6 Å². The Morgan fingerprint density at radius 2 is 2.06 bits per heavy atom. The van der Waals surface area contributed by atoms with Gasteiger partial charge in [0.05, 0.1) is 11.0 Å². The standard InChI is InChI=1S/C24H31ClO6/c1-13-9-18-17-6-5-15-10-16(27)7-8-21(15,3)23(17,25)19(28)11-22(18,4)24(13,30)20(29)12-31-14(2)26/h7-8,10,13,17-19,28,30H,5-6,9,11-12H2,1-4H3/t13-,17+,18+,19+,21+,22+,23+,24+/m1/s1/i2D3. The van der Waals surface area contributed by atoms with Gasteiger partial charge in [0.2, 0.25) is 5.78 Å². The van der Waals surface area contributed by atoms with E-state index in [2.05, 4.69) is 0 Å². The summed E-state index contributed by atoms with van der Waals surface area (Å²) < 4.78 is 26.1. The molecule has 170 valence electrons. The fourth-order valence-corrected chi connectivity index (χ4v) is 7.90. The van der Waals surface area contributed by atoms with E-state index in [0.717, 1.165) is 5.57 Å². The summed E-state index contributed by atoms with van der Waals surface area (Å²) in [5.74, 6) is -3.39. The minimum Gasteiger partial charge on any atom is -0.458 e. The van der Waals surface area contributed by atoms with E-state index in [1.165, 1.54) is 6.08 Å². The number of carbonyl (C=O) groups excluding carboxylic acids is 3. The molecule has 0 amide bonds. The third kappa shape index (κ3) is 2.74. The Hall–Kier alpha value is -1.50. The molecule has 4 aliphatic rings. The molecule has 8 atom stereocenters. The molecule has 2 N–H and O–H groups in total. The molecule has 0 bridgehead atoms. The number of hydrogen-bond acceptors (Lipinski definition) is 6. The number of hydrogen-bond donors (Lipinski definition) is 2. The van der Waals surface area contributed by atoms with Gasteiger partial charge < -0.3 is 14.9 Å². The second-order valence-corrected chi connectivity index (χ2v) is 10.8. The summed E-state index contributed by atoms with van der Waals surface area (Å²) in [6, 6.07) is 0. The van der Waals surface area contributed by atoms with Gasteiger partial charge in [0, 0.05) is 21.8 Å². The number of ketones is 2. The summed E-state index contributed by atoms with van der Waals surface area (Å²) in [6.45, 7) is 1.57. The van der Waals surface area contributed by atoms with Crippen molar-refractivity contribution in [2.45, 2.75) is 69.9 Å². The largest absolute Gasteiger partial charge is 0.458 e. The first-order chi connectivity index (χ1) is 15.5. The SMILES string of the molecule is [2H]C([2H])([2H])C(=O)OCC(=O)[C@@]1(O)[C@H](C)C[C@H]2[C@@H]3CCC4=CC(=O)C=C[C@]4(C)[C@@]3(Cl)[C@@H](O)C[C@@]21C. The van der Waals surface area contributed by atoms with Crippen LogP contribution in [0.15, 0.2) is 23.8 Å². The van der Waals surface area contributed by atoms with Gasteiger partial charge in [-0.15, -0.1) is 11.6 Å². The van der Waals surface area contributed by atoms with Gasteiger partial charge in [0.15, 0.2) is 12.4 Å². The van der Waals surface area contributed by atoms with Crippen LogP contribution in [0, 0.1) is 28.6 Å². The highest BCUT2D eigenvalue weighted by atomic mass is 35.5. The molecule has 0 radical (unpaired) electrons. The number of aliphatic hydroxyl groups excluding tert-OH is 1. The number of fused-ring (bicyclic) bond motifs is 5. The zero-order chi connectivity index (χ0) is 25.5. The highest BCUT2D eigenvalue weighted by molar-refractivity contribution is 6.26. The molecule has 7 heteroatoms. The van der Waals surface area contributed by atoms with Crippen LogP contribution >= 0.6 is 11.6 Å². The Morgan fingerprint density at radius 3 is 2.74 bits per heavy atom. The van der Waals surface area contributed by atoms with E-state index in [0.29, 0.717) is 19.3 Å². The van der Waals surface area contributed by atoms with Crippen molar-refractivity contribution in [3.63, 3.8) is 0 Å². The van der Waals surface area contributed by atoms with Gasteiger partial charge in [0.1, 0.15) is 5.60 Å². The van der Waals surface area contributed by atoms with Crippen LogP contribution in [0.3, 0.4) is 0 Å². The highest BCUT2D eigenvalue weighted by Gasteiger charge is 2.74. The first-order valence-electron chi connectivity index (χ1n) is 12.3. The third-order valence-corrected chi connectivity index (χ3v) is 9.91. The Kier molecular flexibility index (Phi) is 4.29. The van der Waals surface area contributed by atoms with Gasteiger partial charge >= 0.3 is 5.97 Å². The number of esters is 1. The van der Waals surface area contributed by atoms with Crippen molar-refractivity contribution in [3.05, 3.63) is 23.8 Å². The molecule has 4 rings (SSSR count). The summed E-state index contributed by atoms with van der Waals surface area (Å²) in [7, 11) is 0. The first kappa shape index (κ1) is 19.0. The van der Waals surface area contributed by atoms with Crippen molar-refractivity contribution < 1.29 is 33.4 Å². The number of allylic oxidation sites excluding steroid dienone is 4. The van der Waals surface area contributed by atoms with E-state index in [1.807, 2.05) is 6.92 Å². The monoisotopic (exact) mass is 453 g/mol. The number of aliphatic hydroxyl groups is 2. The molecule has 0 aromatic rings. The Balaban J connectivity index is 1.69. The van der Waals surface area contributed by atoms with Crippen molar-refractivity contribution >= 4 is 29.1 Å². The fraction of sp³-hybridized carbons (Fsp3) is 0.708. The fourth-order valence-electron chi connectivity index (χ4n) is 7.38. The lowest BCUT2D eigenvalue weighted by molar-refractivity contribution is -0.182. The molecule has 0 aromatic heterocycles. The summed E-state index contributed by atoms with van der Waals surface area (Å²) in [5.41, 5.74) is -2.87. The molecular weight excluding hydrogens is 420 g/mol. The van der Waals surface area contributed by atoms with Gasteiger partial charge in [0.25, 0.3) is 0 Å². The highest BCUT2D eigenvalue weighted by Crippen LogP contribution is 2.71. The van der Waals surface area contributed by atoms with Crippen molar-refractivity contribution in [3.8, 4) is 0 Å². The summed E-state index contributed by atoms with van der Waals surface area (Å²) in [6.07, 6.45) is 5.46. The van der Waals surface area contributed by atoms with E-state index >= 15 is 0 Å². The van der Waals surface area contributed by atoms with Gasteiger partial charge in [-0.2, -0.15) is 0 Å². The van der Waals surface area contributed by atoms with Crippen LogP contribution in [0.2, 0.25) is 0 Å². The summed E-state index contributed by atoms with van der Waals surface area (Å²) >= 11 is 7.34. The maximum atomic E-state index is 13.3.